The van der Waals surface area contributed by atoms with Gasteiger partial charge in [-0.25, -0.2) is 0 Å². The van der Waals surface area contributed by atoms with E-state index >= 15 is 0 Å². The molecule has 0 saturated heterocycles. The highest BCUT2D eigenvalue weighted by molar-refractivity contribution is 6.16. The number of nitrogens with zero attached hydrogens (tertiary/aromatic N) is 4. The summed E-state index contributed by atoms with van der Waals surface area (Å²) in [4.78, 5) is 5.07. The number of anilines is 6. The number of para-hydroxylation sites is 7. The van der Waals surface area contributed by atoms with Gasteiger partial charge in [-0.3, -0.25) is 0 Å². The van der Waals surface area contributed by atoms with E-state index in [1.165, 1.54) is 177 Å². The van der Waals surface area contributed by atoms with E-state index in [1.54, 1.807) is 0 Å². The zero-order chi connectivity index (χ0) is 85.5. The molecule has 1 unspecified atom stereocenters. The van der Waals surface area contributed by atoms with Crippen molar-refractivity contribution in [2.24, 2.45) is 0 Å². The molecule has 0 N–H and O–H groups in total. The maximum Gasteiger partial charge on any atom is 0.0755 e. The predicted molar refractivity (Wildman–Crippen MR) is 537 cm³/mol. The second-order valence-electron chi connectivity index (χ2n) is 36.7. The summed E-state index contributed by atoms with van der Waals surface area (Å²) < 4.78 is 5.17. The fourth-order valence-electron chi connectivity index (χ4n) is 25.1. The van der Waals surface area contributed by atoms with E-state index < -0.39 is 16.2 Å². The summed E-state index contributed by atoms with van der Waals surface area (Å²) in [5.41, 5.74) is 46.6. The minimum absolute atomic E-state index is 0.245. The quantitative estimate of drug-likeness (QED) is 0.128. The number of hydrogen-bond donors (Lipinski definition) is 0. The van der Waals surface area contributed by atoms with Gasteiger partial charge < -0.3 is 18.9 Å². The number of benzene rings is 20. The Balaban J connectivity index is 0.604. The average Bonchev–Trinajstić information content (AvgIpc) is 1.49. The molecule has 0 radical (unpaired) electrons. The number of aromatic nitrogens is 2. The van der Waals surface area contributed by atoms with Crippen molar-refractivity contribution in [3.8, 4) is 89.3 Å². The molecule has 22 aromatic rings. The molecule has 4 nitrogen and oxygen atoms in total. The lowest BCUT2D eigenvalue weighted by atomic mass is 9.65. The van der Waals surface area contributed by atoms with E-state index in [-0.39, 0.29) is 5.41 Å². The van der Waals surface area contributed by atoms with E-state index in [4.69, 9.17) is 0 Å². The molecule has 606 valence electrons. The molecule has 2 aliphatic heterocycles. The van der Waals surface area contributed by atoms with Gasteiger partial charge in [-0.1, -0.05) is 378 Å². The van der Waals surface area contributed by atoms with Crippen LogP contribution in [0, 0.1) is 0 Å². The average molecular weight is 1650 g/mol. The molecule has 28 rings (SSSR count). The van der Waals surface area contributed by atoms with Crippen molar-refractivity contribution in [2.75, 3.05) is 9.80 Å². The van der Waals surface area contributed by atoms with Gasteiger partial charge in [-0.2, -0.15) is 0 Å². The first-order valence-electron chi connectivity index (χ1n) is 45.6. The van der Waals surface area contributed by atoms with Crippen LogP contribution >= 0.6 is 0 Å². The van der Waals surface area contributed by atoms with E-state index in [2.05, 4.69) is 494 Å². The molecule has 1 atom stereocenters. The lowest BCUT2D eigenvalue weighted by molar-refractivity contribution is 0.660. The van der Waals surface area contributed by atoms with E-state index in [9.17, 15) is 0 Å². The Labute approximate surface area is 755 Å². The van der Waals surface area contributed by atoms with Gasteiger partial charge >= 0.3 is 0 Å². The number of fused-ring (bicyclic) bond motifs is 30. The second-order valence-corrected chi connectivity index (χ2v) is 36.7. The van der Waals surface area contributed by atoms with Crippen molar-refractivity contribution >= 4 is 77.7 Å². The number of rotatable bonds is 11. The lowest BCUT2D eigenvalue weighted by Crippen LogP contribution is -2.34. The van der Waals surface area contributed by atoms with Gasteiger partial charge in [0.15, 0.2) is 0 Å². The van der Waals surface area contributed by atoms with Crippen molar-refractivity contribution in [2.45, 2.75) is 35.5 Å². The third kappa shape index (κ3) is 9.57. The van der Waals surface area contributed by atoms with Crippen molar-refractivity contribution in [3.05, 3.63) is 539 Å². The van der Waals surface area contributed by atoms with Crippen LogP contribution in [-0.2, 0) is 21.7 Å². The highest BCUT2D eigenvalue weighted by atomic mass is 15.2. The molecular weight excluding hydrogens is 1570 g/mol. The van der Waals surface area contributed by atoms with Crippen LogP contribution in [0.15, 0.2) is 461 Å². The summed E-state index contributed by atoms with van der Waals surface area (Å²) in [6.07, 6.45) is 0. The Kier molecular flexibility index (Phi) is 15.2. The molecule has 4 aliphatic carbocycles. The zero-order valence-electron chi connectivity index (χ0n) is 71.7. The molecule has 4 heteroatoms. The van der Waals surface area contributed by atoms with Crippen molar-refractivity contribution in [3.63, 3.8) is 0 Å². The van der Waals surface area contributed by atoms with Gasteiger partial charge in [0.2, 0.25) is 0 Å². The molecule has 6 aliphatic rings. The minimum atomic E-state index is -0.696. The summed E-state index contributed by atoms with van der Waals surface area (Å²) in [6.45, 7) is 4.81. The van der Waals surface area contributed by atoms with Crippen molar-refractivity contribution < 1.29 is 0 Å². The SMILES string of the molecule is CC1(C)c2ccccc2-c2ccc(-c3cc(-c4ccc(C5(c6ccccc6)c6ccccc6-c6ccc(-c7ccc(N(c8ccccc8)c8cccc9c8-n8c%10ccccc%10c%10cccc(c%108)C98c9ccccc9-c9ccccc98)cc7)cc65)cc4)ccc3N(c3ccccc3)c3cc4c5c(c3)c3ccccc3n5-c3ccccc3C43c4ccccc4-c4ccccc43)cc21. The van der Waals surface area contributed by atoms with Crippen LogP contribution in [0.4, 0.5) is 34.1 Å². The number of hydrogen-bond acceptors (Lipinski definition) is 2. The summed E-state index contributed by atoms with van der Waals surface area (Å²) in [6, 6.07) is 176. The molecule has 130 heavy (non-hydrogen) atoms. The molecule has 2 aromatic heterocycles. The minimum Gasteiger partial charge on any atom is -0.310 e. The first-order chi connectivity index (χ1) is 64.3. The van der Waals surface area contributed by atoms with Crippen LogP contribution in [0.25, 0.3) is 133 Å². The standard InChI is InChI=1S/C126H82N4/c1-123(2)103-47-20-12-38-90(103)96-72-65-83(76-112(96)123)101-74-81(66-73-117(101)128(87-36-10-5-11-37-87)89-77-102-99-45-19-27-56-115(99)129-118-58-29-26-53-109(118)125(114(78-89)121(102)129)105-49-22-14-39-91(105)92-40-15-23-50-106(92)125)79-60-67-85(68-61-79)124(84-32-6-3-7-33-84)104-48-21-13-43-95(104)97-71-64-82(75-113(97)124)80-62-69-88(70-63-80)127(86-34-8-4-9-35-86)119-59-31-55-111-122(119)130-116-57-28-18-44-98(116)100-46-30-54-110(120(100)130)126(111)107-51-24-16-41-93(107)94-42-17-25-52-108(94)126/h3-78H,1-2H3. The topological polar surface area (TPSA) is 16.3 Å². The molecule has 2 spiro atoms. The molecule has 0 bridgehead atoms. The predicted octanol–water partition coefficient (Wildman–Crippen LogP) is 31.8. The van der Waals surface area contributed by atoms with Gasteiger partial charge in [0.1, 0.15) is 0 Å². The van der Waals surface area contributed by atoms with Gasteiger partial charge in [0, 0.05) is 55.3 Å². The Morgan fingerprint density at radius 1 is 0.192 bits per heavy atom. The molecule has 20 aromatic carbocycles. The maximum absolute atomic E-state index is 2.60. The fourth-order valence-corrected chi connectivity index (χ4v) is 25.1. The summed E-state index contributed by atoms with van der Waals surface area (Å²) >= 11 is 0. The largest absolute Gasteiger partial charge is 0.310 e. The van der Waals surface area contributed by atoms with Crippen LogP contribution < -0.4 is 9.80 Å². The fraction of sp³-hybridized carbons (Fsp3) is 0.0476. The van der Waals surface area contributed by atoms with Gasteiger partial charge in [0.05, 0.1) is 61.1 Å². The normalized spacial score (nSPS) is 15.1. The third-order valence-corrected chi connectivity index (χ3v) is 30.4. The molecule has 0 saturated carbocycles. The molecular formula is C126H82N4. The first-order valence-corrected chi connectivity index (χ1v) is 45.6. The van der Waals surface area contributed by atoms with E-state index in [1.807, 2.05) is 0 Å². The molecule has 0 fully saturated rings. The van der Waals surface area contributed by atoms with E-state index in [0.29, 0.717) is 0 Å². The van der Waals surface area contributed by atoms with Crippen molar-refractivity contribution in [1.29, 1.82) is 0 Å². The smallest absolute Gasteiger partial charge is 0.0755 e. The van der Waals surface area contributed by atoms with Crippen molar-refractivity contribution in [1.82, 2.24) is 9.13 Å². The monoisotopic (exact) mass is 1650 g/mol. The summed E-state index contributed by atoms with van der Waals surface area (Å²) in [7, 11) is 0. The van der Waals surface area contributed by atoms with Crippen LogP contribution in [0.2, 0.25) is 0 Å². The zero-order valence-corrected chi connectivity index (χ0v) is 71.7. The van der Waals surface area contributed by atoms with Gasteiger partial charge in [-0.05, 0) is 247 Å². The second kappa shape index (κ2) is 27.1. The van der Waals surface area contributed by atoms with Crippen LogP contribution in [0.1, 0.15) is 91.7 Å². The molecule has 4 heterocycles. The molecule has 0 amide bonds. The van der Waals surface area contributed by atoms with Crippen LogP contribution in [0.3, 0.4) is 0 Å². The van der Waals surface area contributed by atoms with Gasteiger partial charge in [-0.15, -0.1) is 0 Å². The van der Waals surface area contributed by atoms with E-state index in [0.717, 1.165) is 67.5 Å². The Bertz CT molecular complexity index is 8490. The highest BCUT2D eigenvalue weighted by Crippen LogP contribution is 2.66. The highest BCUT2D eigenvalue weighted by Gasteiger charge is 2.54. The van der Waals surface area contributed by atoms with Crippen LogP contribution in [-0.4, -0.2) is 9.13 Å². The van der Waals surface area contributed by atoms with Crippen LogP contribution in [0.5, 0.6) is 0 Å². The van der Waals surface area contributed by atoms with Gasteiger partial charge in [0.25, 0.3) is 0 Å². The Morgan fingerprint density at radius 2 is 0.585 bits per heavy atom. The summed E-state index contributed by atoms with van der Waals surface area (Å²) in [5, 5.41) is 4.94. The Morgan fingerprint density at radius 3 is 1.20 bits per heavy atom. The summed E-state index contributed by atoms with van der Waals surface area (Å²) in [5.74, 6) is 0. The maximum atomic E-state index is 2.60. The Hall–Kier alpha value is -16.4. The third-order valence-electron chi connectivity index (χ3n) is 30.4. The lowest BCUT2D eigenvalue weighted by Gasteiger charge is -2.41. The first kappa shape index (κ1) is 72.9.